The summed E-state index contributed by atoms with van der Waals surface area (Å²) < 4.78 is 1.17. The highest BCUT2D eigenvalue weighted by Crippen LogP contribution is 2.30. The lowest BCUT2D eigenvalue weighted by molar-refractivity contribution is 0.281. The number of aliphatic hydroxyl groups excluding tert-OH is 1. The van der Waals surface area contributed by atoms with E-state index in [0.717, 1.165) is 5.56 Å². The normalized spacial score (nSPS) is 14.8. The van der Waals surface area contributed by atoms with Gasteiger partial charge < -0.3 is 5.11 Å². The molecular formula is C10H11BrO. The van der Waals surface area contributed by atoms with Crippen LogP contribution in [0.25, 0.3) is 0 Å². The molecule has 1 aromatic rings. The van der Waals surface area contributed by atoms with Crippen LogP contribution in [0, 0.1) is 0 Å². The molecule has 1 nitrogen and oxygen atoms in total. The summed E-state index contributed by atoms with van der Waals surface area (Å²) in [6, 6.07) is 4.14. The lowest BCUT2D eigenvalue weighted by Crippen LogP contribution is -1.89. The second-order valence-electron chi connectivity index (χ2n) is 3.23. The van der Waals surface area contributed by atoms with Crippen molar-refractivity contribution in [3.8, 4) is 0 Å². The van der Waals surface area contributed by atoms with Crippen LogP contribution in [0.1, 0.15) is 23.1 Å². The maximum atomic E-state index is 8.97. The Morgan fingerprint density at radius 3 is 2.92 bits per heavy atom. The van der Waals surface area contributed by atoms with Crippen LogP contribution >= 0.6 is 15.9 Å². The Bertz CT molecular complexity index is 307. The summed E-state index contributed by atoms with van der Waals surface area (Å²) >= 11 is 3.53. The van der Waals surface area contributed by atoms with E-state index in [2.05, 4.69) is 22.0 Å². The molecule has 0 saturated carbocycles. The van der Waals surface area contributed by atoms with Crippen LogP contribution in [0.15, 0.2) is 16.6 Å². The molecule has 0 spiro atoms. The van der Waals surface area contributed by atoms with Crippen LogP contribution in [0.3, 0.4) is 0 Å². The van der Waals surface area contributed by atoms with Gasteiger partial charge in [0.05, 0.1) is 6.61 Å². The van der Waals surface area contributed by atoms with Crippen molar-refractivity contribution in [3.05, 3.63) is 33.3 Å². The zero-order valence-corrected chi connectivity index (χ0v) is 8.39. The molecule has 1 aromatic carbocycles. The van der Waals surface area contributed by atoms with Crippen molar-refractivity contribution in [3.63, 3.8) is 0 Å². The van der Waals surface area contributed by atoms with Crippen LogP contribution in [0.4, 0.5) is 0 Å². The van der Waals surface area contributed by atoms with E-state index in [0.29, 0.717) is 0 Å². The van der Waals surface area contributed by atoms with E-state index < -0.39 is 0 Å². The number of benzene rings is 1. The first-order chi connectivity index (χ1) is 5.81. The molecule has 2 heteroatoms. The zero-order valence-electron chi connectivity index (χ0n) is 6.81. The molecule has 0 heterocycles. The first-order valence-corrected chi connectivity index (χ1v) is 5.01. The van der Waals surface area contributed by atoms with Gasteiger partial charge in [-0.25, -0.2) is 0 Å². The predicted octanol–water partition coefficient (Wildman–Crippen LogP) is 2.43. The van der Waals surface area contributed by atoms with Gasteiger partial charge in [0.2, 0.25) is 0 Å². The van der Waals surface area contributed by atoms with E-state index in [1.54, 1.807) is 0 Å². The van der Waals surface area contributed by atoms with Gasteiger partial charge in [-0.2, -0.15) is 0 Å². The third kappa shape index (κ3) is 1.29. The SMILES string of the molecule is OCc1cc(Br)c2c(c1)CCC2. The van der Waals surface area contributed by atoms with Crippen molar-refractivity contribution in [1.82, 2.24) is 0 Å². The first kappa shape index (κ1) is 8.27. The number of hydrogen-bond acceptors (Lipinski definition) is 1. The molecule has 0 aliphatic heterocycles. The molecule has 1 N–H and O–H groups in total. The Labute approximate surface area is 80.5 Å². The highest BCUT2D eigenvalue weighted by atomic mass is 79.9. The zero-order chi connectivity index (χ0) is 8.55. The van der Waals surface area contributed by atoms with Gasteiger partial charge in [0.1, 0.15) is 0 Å². The average molecular weight is 227 g/mol. The number of aryl methyl sites for hydroxylation is 1. The maximum absolute atomic E-state index is 8.97. The molecule has 0 amide bonds. The van der Waals surface area contributed by atoms with Crippen LogP contribution < -0.4 is 0 Å². The number of halogens is 1. The average Bonchev–Trinajstić information content (AvgIpc) is 2.52. The van der Waals surface area contributed by atoms with Crippen molar-refractivity contribution in [2.24, 2.45) is 0 Å². The highest BCUT2D eigenvalue weighted by Gasteiger charge is 2.14. The molecule has 0 unspecified atom stereocenters. The van der Waals surface area contributed by atoms with E-state index in [9.17, 15) is 0 Å². The molecule has 12 heavy (non-hydrogen) atoms. The fourth-order valence-electron chi connectivity index (χ4n) is 1.81. The summed E-state index contributed by atoms with van der Waals surface area (Å²) in [6.07, 6.45) is 3.60. The van der Waals surface area contributed by atoms with Crippen LogP contribution in [-0.2, 0) is 19.4 Å². The van der Waals surface area contributed by atoms with Gasteiger partial charge >= 0.3 is 0 Å². The molecule has 0 atom stereocenters. The summed E-state index contributed by atoms with van der Waals surface area (Å²) in [7, 11) is 0. The van der Waals surface area contributed by atoms with Gasteiger partial charge in [0, 0.05) is 4.47 Å². The smallest absolute Gasteiger partial charge is 0.0682 e. The number of hydrogen-bond donors (Lipinski definition) is 1. The molecule has 0 fully saturated rings. The van der Waals surface area contributed by atoms with Crippen molar-refractivity contribution in [2.75, 3.05) is 0 Å². The Morgan fingerprint density at radius 2 is 2.17 bits per heavy atom. The van der Waals surface area contributed by atoms with E-state index in [1.807, 2.05) is 6.07 Å². The standard InChI is InChI=1S/C10H11BrO/c11-10-5-7(6-12)4-8-2-1-3-9(8)10/h4-5,12H,1-3,6H2. The molecule has 0 bridgehead atoms. The van der Waals surface area contributed by atoms with Crippen molar-refractivity contribution in [2.45, 2.75) is 25.9 Å². The van der Waals surface area contributed by atoms with Gasteiger partial charge in [-0.15, -0.1) is 0 Å². The largest absolute Gasteiger partial charge is 0.392 e. The van der Waals surface area contributed by atoms with E-state index in [4.69, 9.17) is 5.11 Å². The second kappa shape index (κ2) is 3.19. The van der Waals surface area contributed by atoms with Gasteiger partial charge in [0.15, 0.2) is 0 Å². The fourth-order valence-corrected chi connectivity index (χ4v) is 2.55. The van der Waals surface area contributed by atoms with E-state index in [1.165, 1.54) is 34.9 Å². The Morgan fingerprint density at radius 1 is 1.33 bits per heavy atom. The minimum atomic E-state index is 0.145. The molecular weight excluding hydrogens is 216 g/mol. The molecule has 0 aromatic heterocycles. The van der Waals surface area contributed by atoms with Crippen molar-refractivity contribution in [1.29, 1.82) is 0 Å². The predicted molar refractivity (Wildman–Crippen MR) is 52.1 cm³/mol. The quantitative estimate of drug-likeness (QED) is 0.781. The topological polar surface area (TPSA) is 20.2 Å². The maximum Gasteiger partial charge on any atom is 0.0682 e. The summed E-state index contributed by atoms with van der Waals surface area (Å²) in [5.74, 6) is 0. The lowest BCUT2D eigenvalue weighted by Gasteiger charge is -2.04. The Balaban J connectivity index is 2.51. The number of fused-ring (bicyclic) bond motifs is 1. The minimum Gasteiger partial charge on any atom is -0.392 e. The third-order valence-corrected chi connectivity index (χ3v) is 3.11. The molecule has 2 rings (SSSR count). The monoisotopic (exact) mass is 226 g/mol. The lowest BCUT2D eigenvalue weighted by atomic mass is 10.1. The Hall–Kier alpha value is -0.340. The van der Waals surface area contributed by atoms with Crippen molar-refractivity contribution < 1.29 is 5.11 Å². The molecule has 0 radical (unpaired) electrons. The van der Waals surface area contributed by atoms with Gasteiger partial charge in [-0.1, -0.05) is 22.0 Å². The molecule has 1 aliphatic rings. The van der Waals surface area contributed by atoms with E-state index in [-0.39, 0.29) is 6.61 Å². The first-order valence-electron chi connectivity index (χ1n) is 4.22. The highest BCUT2D eigenvalue weighted by molar-refractivity contribution is 9.10. The second-order valence-corrected chi connectivity index (χ2v) is 4.08. The summed E-state index contributed by atoms with van der Waals surface area (Å²) in [4.78, 5) is 0. The third-order valence-electron chi connectivity index (χ3n) is 2.40. The van der Waals surface area contributed by atoms with Crippen molar-refractivity contribution >= 4 is 15.9 Å². The Kier molecular flexibility index (Phi) is 2.20. The fraction of sp³-hybridized carbons (Fsp3) is 0.400. The van der Waals surface area contributed by atoms with Gasteiger partial charge in [-0.3, -0.25) is 0 Å². The van der Waals surface area contributed by atoms with E-state index >= 15 is 0 Å². The van der Waals surface area contributed by atoms with Gasteiger partial charge in [-0.05, 0) is 42.0 Å². The summed E-state index contributed by atoms with van der Waals surface area (Å²) in [5.41, 5.74) is 3.86. The molecule has 64 valence electrons. The van der Waals surface area contributed by atoms with Gasteiger partial charge in [0.25, 0.3) is 0 Å². The molecule has 0 saturated heterocycles. The summed E-state index contributed by atoms with van der Waals surface area (Å²) in [6.45, 7) is 0.145. The van der Waals surface area contributed by atoms with Crippen LogP contribution in [0.5, 0.6) is 0 Å². The minimum absolute atomic E-state index is 0.145. The number of rotatable bonds is 1. The molecule has 1 aliphatic carbocycles. The number of aliphatic hydroxyl groups is 1. The summed E-state index contributed by atoms with van der Waals surface area (Å²) in [5, 5.41) is 8.97. The van der Waals surface area contributed by atoms with Crippen LogP contribution in [0.2, 0.25) is 0 Å². The van der Waals surface area contributed by atoms with Crippen LogP contribution in [-0.4, -0.2) is 5.11 Å².